The fraction of sp³-hybridized carbons (Fsp3) is 0.370. The van der Waals surface area contributed by atoms with E-state index in [1.165, 1.54) is 11.9 Å². The zero-order chi connectivity index (χ0) is 25.4. The zero-order valence-electron chi connectivity index (χ0n) is 19.9. The van der Waals surface area contributed by atoms with Crippen molar-refractivity contribution in [3.05, 3.63) is 65.7 Å². The minimum Gasteiger partial charge on any atom is -0.345 e. The summed E-state index contributed by atoms with van der Waals surface area (Å²) in [5.41, 5.74) is 1.22. The Morgan fingerprint density at radius 1 is 1.17 bits per heavy atom. The van der Waals surface area contributed by atoms with Crippen LogP contribution in [0.5, 0.6) is 0 Å². The quantitative estimate of drug-likeness (QED) is 0.619. The summed E-state index contributed by atoms with van der Waals surface area (Å²) < 4.78 is 0. The van der Waals surface area contributed by atoms with Crippen LogP contribution in [-0.2, 0) is 31.0 Å². The second kappa shape index (κ2) is 9.11. The highest BCUT2D eigenvalue weighted by Gasteiger charge is 2.56. The van der Waals surface area contributed by atoms with Gasteiger partial charge in [0.25, 0.3) is 0 Å². The van der Waals surface area contributed by atoms with Gasteiger partial charge in [0, 0.05) is 38.2 Å². The van der Waals surface area contributed by atoms with Crippen LogP contribution < -0.4 is 10.6 Å². The molecule has 0 aromatic heterocycles. The molecule has 36 heavy (non-hydrogen) atoms. The number of hydrogen-bond donors (Lipinski definition) is 2. The SMILES string of the molecule is CN(C(=O)C(=O)NC1CC1)[C@@H](Cc1ccccc1)C(=O)N1C[C@]2(C[C@H]1C#N)C(=O)Nc1ccccc12. The second-order valence-electron chi connectivity index (χ2n) is 9.77. The van der Waals surface area contributed by atoms with E-state index in [0.717, 1.165) is 28.9 Å². The van der Waals surface area contributed by atoms with Gasteiger partial charge in [0.2, 0.25) is 11.8 Å². The molecular formula is C27H27N5O4. The summed E-state index contributed by atoms with van der Waals surface area (Å²) in [5, 5.41) is 15.5. The molecule has 2 aromatic carbocycles. The number of benzene rings is 2. The average Bonchev–Trinajstić information content (AvgIpc) is 3.55. The van der Waals surface area contributed by atoms with Crippen molar-refractivity contribution in [1.29, 1.82) is 5.26 Å². The van der Waals surface area contributed by atoms with Gasteiger partial charge in [-0.05, 0) is 30.0 Å². The number of rotatable bonds is 5. The number of amides is 4. The third-order valence-corrected chi connectivity index (χ3v) is 7.37. The fourth-order valence-corrected chi connectivity index (χ4v) is 5.18. The van der Waals surface area contributed by atoms with Gasteiger partial charge in [0.15, 0.2) is 0 Å². The van der Waals surface area contributed by atoms with Crippen LogP contribution in [0.15, 0.2) is 54.6 Å². The Bertz CT molecular complexity index is 1270. The van der Waals surface area contributed by atoms with E-state index in [1.807, 2.05) is 48.5 Å². The van der Waals surface area contributed by atoms with Gasteiger partial charge in [-0.1, -0.05) is 48.5 Å². The van der Waals surface area contributed by atoms with Gasteiger partial charge < -0.3 is 20.4 Å². The zero-order valence-corrected chi connectivity index (χ0v) is 19.9. The minimum absolute atomic E-state index is 0.000446. The number of hydrogen-bond acceptors (Lipinski definition) is 5. The molecule has 1 saturated heterocycles. The van der Waals surface area contributed by atoms with E-state index in [0.29, 0.717) is 5.69 Å². The lowest BCUT2D eigenvalue weighted by Gasteiger charge is -2.32. The van der Waals surface area contributed by atoms with Crippen LogP contribution in [0.3, 0.4) is 0 Å². The molecule has 0 radical (unpaired) electrons. The molecule has 2 aliphatic heterocycles. The highest BCUT2D eigenvalue weighted by molar-refractivity contribution is 6.35. The highest BCUT2D eigenvalue weighted by Crippen LogP contribution is 2.46. The van der Waals surface area contributed by atoms with Gasteiger partial charge in [0.1, 0.15) is 12.1 Å². The van der Waals surface area contributed by atoms with Crippen molar-refractivity contribution in [3.63, 3.8) is 0 Å². The van der Waals surface area contributed by atoms with Gasteiger partial charge in [-0.25, -0.2) is 0 Å². The van der Waals surface area contributed by atoms with Gasteiger partial charge in [-0.2, -0.15) is 5.26 Å². The molecule has 9 nitrogen and oxygen atoms in total. The third kappa shape index (κ3) is 4.09. The van der Waals surface area contributed by atoms with E-state index in [4.69, 9.17) is 0 Å². The number of anilines is 1. The largest absolute Gasteiger partial charge is 0.345 e. The first kappa shape index (κ1) is 23.5. The second-order valence-corrected chi connectivity index (χ2v) is 9.77. The monoisotopic (exact) mass is 485 g/mol. The number of fused-ring (bicyclic) bond motifs is 2. The lowest BCUT2D eigenvalue weighted by molar-refractivity contribution is -0.151. The normalized spacial score (nSPS) is 22.9. The molecule has 1 aliphatic carbocycles. The van der Waals surface area contributed by atoms with E-state index in [2.05, 4.69) is 16.7 Å². The summed E-state index contributed by atoms with van der Waals surface area (Å²) in [5.74, 6) is -2.26. The van der Waals surface area contributed by atoms with Crippen LogP contribution >= 0.6 is 0 Å². The molecule has 2 heterocycles. The molecule has 5 rings (SSSR count). The Morgan fingerprint density at radius 2 is 1.86 bits per heavy atom. The van der Waals surface area contributed by atoms with E-state index in [-0.39, 0.29) is 31.3 Å². The standard InChI is InChI=1S/C27H27N5O4/c1-31(25(35)23(33)29-18-11-12-18)22(13-17-7-3-2-4-8-17)24(34)32-16-27(14-19(32)15-28)20-9-5-6-10-21(20)30-26(27)36/h2-10,18-19,22H,11-14,16H2,1H3,(H,29,33)(H,30,36)/t19-,22-,27-/m0/s1. The fourth-order valence-electron chi connectivity index (χ4n) is 5.18. The molecule has 1 spiro atoms. The van der Waals surface area contributed by atoms with Crippen molar-refractivity contribution >= 4 is 29.3 Å². The topological polar surface area (TPSA) is 123 Å². The van der Waals surface area contributed by atoms with Crippen LogP contribution in [0.25, 0.3) is 0 Å². The highest BCUT2D eigenvalue weighted by atomic mass is 16.2. The summed E-state index contributed by atoms with van der Waals surface area (Å²) in [6.45, 7) is 0.0223. The molecule has 2 fully saturated rings. The Kier molecular flexibility index (Phi) is 5.96. The van der Waals surface area contributed by atoms with Crippen LogP contribution in [-0.4, -0.2) is 65.1 Å². The van der Waals surface area contributed by atoms with Gasteiger partial charge in [-0.3, -0.25) is 19.2 Å². The van der Waals surface area contributed by atoms with Gasteiger partial charge >= 0.3 is 11.8 Å². The summed E-state index contributed by atoms with van der Waals surface area (Å²) in [6, 6.07) is 16.8. The van der Waals surface area contributed by atoms with E-state index in [1.54, 1.807) is 6.07 Å². The summed E-state index contributed by atoms with van der Waals surface area (Å²) in [7, 11) is 1.44. The molecular weight excluding hydrogens is 458 g/mol. The number of nitrogens with one attached hydrogen (secondary N) is 2. The molecule has 3 aliphatic rings. The van der Waals surface area contributed by atoms with Crippen molar-refractivity contribution in [3.8, 4) is 6.07 Å². The number of likely N-dealkylation sites (N-methyl/N-ethyl adjacent to an activating group) is 1. The number of nitriles is 1. The van der Waals surface area contributed by atoms with Gasteiger partial charge in [0.05, 0.1) is 11.5 Å². The molecule has 4 amide bonds. The summed E-state index contributed by atoms with van der Waals surface area (Å²) >= 11 is 0. The van der Waals surface area contributed by atoms with Crippen molar-refractivity contribution in [2.45, 2.75) is 49.2 Å². The number of likely N-dealkylation sites (tertiary alicyclic amines) is 1. The Morgan fingerprint density at radius 3 is 2.56 bits per heavy atom. The Hall–Kier alpha value is -4.19. The molecule has 0 bridgehead atoms. The molecule has 2 aromatic rings. The number of para-hydroxylation sites is 1. The maximum atomic E-state index is 14.0. The Balaban J connectivity index is 1.45. The van der Waals surface area contributed by atoms with Crippen LogP contribution in [0.1, 0.15) is 30.4 Å². The maximum absolute atomic E-state index is 14.0. The predicted octanol–water partition coefficient (Wildman–Crippen LogP) is 1.35. The predicted molar refractivity (Wildman–Crippen MR) is 130 cm³/mol. The van der Waals surface area contributed by atoms with Crippen molar-refractivity contribution in [2.75, 3.05) is 18.9 Å². The smallest absolute Gasteiger partial charge is 0.312 e. The van der Waals surface area contributed by atoms with Gasteiger partial charge in [-0.15, -0.1) is 0 Å². The van der Waals surface area contributed by atoms with E-state index in [9.17, 15) is 24.4 Å². The summed E-state index contributed by atoms with van der Waals surface area (Å²) in [6.07, 6.45) is 2.00. The van der Waals surface area contributed by atoms with E-state index < -0.39 is 35.2 Å². The lowest BCUT2D eigenvalue weighted by atomic mass is 9.80. The van der Waals surface area contributed by atoms with Crippen LogP contribution in [0, 0.1) is 11.3 Å². The first-order valence-electron chi connectivity index (χ1n) is 12.1. The minimum atomic E-state index is -1.03. The van der Waals surface area contributed by atoms with Crippen molar-refractivity contribution < 1.29 is 19.2 Å². The summed E-state index contributed by atoms with van der Waals surface area (Å²) in [4.78, 5) is 55.2. The van der Waals surface area contributed by atoms with Crippen molar-refractivity contribution in [1.82, 2.24) is 15.1 Å². The van der Waals surface area contributed by atoms with E-state index >= 15 is 0 Å². The molecule has 2 N–H and O–H groups in total. The third-order valence-electron chi connectivity index (χ3n) is 7.37. The average molecular weight is 486 g/mol. The number of carbonyl (C=O) groups is 4. The van der Waals surface area contributed by atoms with Crippen LogP contribution in [0.4, 0.5) is 5.69 Å². The lowest BCUT2D eigenvalue weighted by Crippen LogP contribution is -2.55. The Labute approximate surface area is 209 Å². The first-order valence-corrected chi connectivity index (χ1v) is 12.1. The number of nitrogens with zero attached hydrogens (tertiary/aromatic N) is 3. The molecule has 0 unspecified atom stereocenters. The van der Waals surface area contributed by atoms with Crippen LogP contribution in [0.2, 0.25) is 0 Å². The maximum Gasteiger partial charge on any atom is 0.312 e. The first-order chi connectivity index (χ1) is 17.3. The van der Waals surface area contributed by atoms with Crippen molar-refractivity contribution in [2.24, 2.45) is 0 Å². The molecule has 184 valence electrons. The molecule has 3 atom stereocenters. The number of carbonyl (C=O) groups excluding carboxylic acids is 4. The molecule has 1 saturated carbocycles. The molecule has 9 heteroatoms.